The van der Waals surface area contributed by atoms with Crippen molar-refractivity contribution < 1.29 is 24.5 Å². The minimum Gasteiger partial charge on any atom is -0.497 e. The topological polar surface area (TPSA) is 90.3 Å². The molecule has 1 fully saturated rings. The minimum absolute atomic E-state index is 0.944. The molecule has 0 spiro atoms. The molecule has 0 aliphatic carbocycles. The Labute approximate surface area is 181 Å². The Hall–Kier alpha value is -2.55. The second-order valence-corrected chi connectivity index (χ2v) is 7.74. The molecule has 0 saturated carbocycles. The maximum absolute atomic E-state index is 9.10. The number of methoxy groups -OCH3 is 1. The summed E-state index contributed by atoms with van der Waals surface area (Å²) in [6.07, 6.45) is 2.12. The summed E-state index contributed by atoms with van der Waals surface area (Å²) < 4.78 is 5.32. The van der Waals surface area contributed by atoms with E-state index in [0.717, 1.165) is 45.0 Å². The van der Waals surface area contributed by atoms with Gasteiger partial charge in [0, 0.05) is 44.2 Å². The summed E-state index contributed by atoms with van der Waals surface area (Å²) in [6.45, 7) is 6.58. The monoisotopic (exact) mass is 432 g/mol. The highest BCUT2D eigenvalue weighted by Gasteiger charge is 2.17. The number of rotatable bonds is 6. The summed E-state index contributed by atoms with van der Waals surface area (Å²) in [7, 11) is 1.73. The van der Waals surface area contributed by atoms with Gasteiger partial charge in [0.15, 0.2) is 0 Å². The van der Waals surface area contributed by atoms with Crippen molar-refractivity contribution >= 4 is 23.7 Å². The van der Waals surface area contributed by atoms with Crippen molar-refractivity contribution in [3.05, 3.63) is 59.7 Å². The molecule has 1 heterocycles. The van der Waals surface area contributed by atoms with Gasteiger partial charge in [-0.15, -0.1) is 11.8 Å². The smallest absolute Gasteiger partial charge is 0.414 e. The number of thioether (sulfide) groups is 1. The van der Waals surface area contributed by atoms with Gasteiger partial charge in [-0.25, -0.2) is 9.59 Å². The SMILES string of the molecule is COc1cccc(CN2CCN(Cc3ccc(SC)cc3)CC2)c1.O=C(O)C(=O)O. The van der Waals surface area contributed by atoms with Gasteiger partial charge in [0.1, 0.15) is 5.75 Å². The van der Waals surface area contributed by atoms with Gasteiger partial charge >= 0.3 is 11.9 Å². The lowest BCUT2D eigenvalue weighted by Gasteiger charge is -2.34. The number of carbonyl (C=O) groups is 2. The summed E-state index contributed by atoms with van der Waals surface area (Å²) in [5, 5.41) is 14.8. The fourth-order valence-electron chi connectivity index (χ4n) is 3.12. The summed E-state index contributed by atoms with van der Waals surface area (Å²) in [5.41, 5.74) is 2.74. The van der Waals surface area contributed by atoms with E-state index in [4.69, 9.17) is 24.5 Å². The van der Waals surface area contributed by atoms with Crippen molar-refractivity contribution in [1.29, 1.82) is 0 Å². The molecule has 162 valence electrons. The van der Waals surface area contributed by atoms with Crippen molar-refractivity contribution in [2.75, 3.05) is 39.5 Å². The lowest BCUT2D eigenvalue weighted by atomic mass is 10.1. The average Bonchev–Trinajstić information content (AvgIpc) is 2.76. The van der Waals surface area contributed by atoms with Crippen LogP contribution in [0.3, 0.4) is 0 Å². The van der Waals surface area contributed by atoms with Crippen LogP contribution >= 0.6 is 11.8 Å². The molecule has 0 radical (unpaired) electrons. The first-order valence-corrected chi connectivity index (χ1v) is 10.8. The van der Waals surface area contributed by atoms with Crippen LogP contribution < -0.4 is 4.74 Å². The van der Waals surface area contributed by atoms with Gasteiger partial charge < -0.3 is 14.9 Å². The standard InChI is InChI=1S/C20H26N2OS.C2H2O4/c1-23-19-5-3-4-18(14-19)16-22-12-10-21(11-13-22)15-17-6-8-20(24-2)9-7-17;3-1(4)2(5)6/h3-9,14H,10-13,15-16H2,1-2H3;(H,3,4)(H,5,6). The zero-order chi connectivity index (χ0) is 21.9. The fourth-order valence-corrected chi connectivity index (χ4v) is 3.53. The van der Waals surface area contributed by atoms with E-state index >= 15 is 0 Å². The van der Waals surface area contributed by atoms with Gasteiger partial charge in [0.05, 0.1) is 7.11 Å². The van der Waals surface area contributed by atoms with Crippen LogP contribution in [0.25, 0.3) is 0 Å². The van der Waals surface area contributed by atoms with Gasteiger partial charge in [-0.05, 0) is 41.6 Å². The van der Waals surface area contributed by atoms with Crippen molar-refractivity contribution in [3.63, 3.8) is 0 Å². The van der Waals surface area contributed by atoms with Gasteiger partial charge in [-0.2, -0.15) is 0 Å². The summed E-state index contributed by atoms with van der Waals surface area (Å²) in [6, 6.07) is 17.4. The largest absolute Gasteiger partial charge is 0.497 e. The van der Waals surface area contributed by atoms with E-state index in [2.05, 4.69) is 58.5 Å². The first kappa shape index (κ1) is 23.7. The number of ether oxygens (including phenoxy) is 1. The minimum atomic E-state index is -1.82. The zero-order valence-electron chi connectivity index (χ0n) is 17.3. The molecule has 0 bridgehead atoms. The van der Waals surface area contributed by atoms with Crippen molar-refractivity contribution in [2.45, 2.75) is 18.0 Å². The van der Waals surface area contributed by atoms with Gasteiger partial charge in [-0.1, -0.05) is 24.3 Å². The normalized spacial score (nSPS) is 14.5. The third kappa shape index (κ3) is 8.06. The van der Waals surface area contributed by atoms with Crippen LogP contribution in [-0.4, -0.2) is 71.5 Å². The van der Waals surface area contributed by atoms with Crippen LogP contribution in [0, 0.1) is 0 Å². The number of carboxylic acid groups (broad SMARTS) is 2. The number of hydrogen-bond acceptors (Lipinski definition) is 6. The third-order valence-corrected chi connectivity index (χ3v) is 5.50. The molecular weight excluding hydrogens is 404 g/mol. The first-order chi connectivity index (χ1) is 14.4. The van der Waals surface area contributed by atoms with E-state index in [-0.39, 0.29) is 0 Å². The van der Waals surface area contributed by atoms with Crippen LogP contribution in [0.4, 0.5) is 0 Å². The van der Waals surface area contributed by atoms with E-state index < -0.39 is 11.9 Å². The van der Waals surface area contributed by atoms with E-state index in [0.29, 0.717) is 0 Å². The molecule has 1 saturated heterocycles. The molecular formula is C22H28N2O5S. The molecule has 8 heteroatoms. The molecule has 2 aromatic carbocycles. The number of nitrogens with zero attached hydrogens (tertiary/aromatic N) is 2. The van der Waals surface area contributed by atoms with Gasteiger partial charge in [-0.3, -0.25) is 9.80 Å². The number of carboxylic acids is 2. The first-order valence-electron chi connectivity index (χ1n) is 9.58. The number of hydrogen-bond donors (Lipinski definition) is 2. The van der Waals surface area contributed by atoms with Crippen LogP contribution in [0.15, 0.2) is 53.4 Å². The maximum Gasteiger partial charge on any atom is 0.414 e. The quantitative estimate of drug-likeness (QED) is 0.532. The van der Waals surface area contributed by atoms with E-state index in [9.17, 15) is 0 Å². The predicted molar refractivity (Wildman–Crippen MR) is 117 cm³/mol. The predicted octanol–water partition coefficient (Wildman–Crippen LogP) is 2.89. The molecule has 2 aromatic rings. The van der Waals surface area contributed by atoms with Crippen LogP contribution in [0.5, 0.6) is 5.75 Å². The molecule has 3 rings (SSSR count). The maximum atomic E-state index is 9.10. The Kier molecular flexibility index (Phi) is 9.66. The molecule has 7 nitrogen and oxygen atoms in total. The molecule has 0 unspecified atom stereocenters. The van der Waals surface area contributed by atoms with E-state index in [1.807, 2.05) is 6.07 Å². The Bertz CT molecular complexity index is 809. The lowest BCUT2D eigenvalue weighted by Crippen LogP contribution is -2.45. The molecule has 30 heavy (non-hydrogen) atoms. The average molecular weight is 433 g/mol. The van der Waals surface area contributed by atoms with Gasteiger partial charge in [0.25, 0.3) is 0 Å². The van der Waals surface area contributed by atoms with Crippen LogP contribution in [-0.2, 0) is 22.7 Å². The second-order valence-electron chi connectivity index (χ2n) is 6.86. The number of benzene rings is 2. The molecule has 0 amide bonds. The molecule has 2 N–H and O–H groups in total. The molecule has 0 atom stereocenters. The van der Waals surface area contributed by atoms with Crippen LogP contribution in [0.1, 0.15) is 11.1 Å². The highest BCUT2D eigenvalue weighted by atomic mass is 32.2. The summed E-state index contributed by atoms with van der Waals surface area (Å²) >= 11 is 1.80. The summed E-state index contributed by atoms with van der Waals surface area (Å²) in [4.78, 5) is 24.6. The third-order valence-electron chi connectivity index (χ3n) is 4.75. The highest BCUT2D eigenvalue weighted by molar-refractivity contribution is 7.98. The van der Waals surface area contributed by atoms with E-state index in [1.165, 1.54) is 16.0 Å². The van der Waals surface area contributed by atoms with E-state index in [1.54, 1.807) is 18.9 Å². The van der Waals surface area contributed by atoms with Crippen molar-refractivity contribution in [3.8, 4) is 5.75 Å². The molecule has 1 aliphatic heterocycles. The van der Waals surface area contributed by atoms with Crippen molar-refractivity contribution in [1.82, 2.24) is 9.80 Å². The Morgan fingerprint density at radius 1 is 0.900 bits per heavy atom. The molecule has 1 aliphatic rings. The molecule has 0 aromatic heterocycles. The Morgan fingerprint density at radius 3 is 1.90 bits per heavy atom. The summed E-state index contributed by atoms with van der Waals surface area (Å²) in [5.74, 6) is -2.70. The Morgan fingerprint density at radius 2 is 1.43 bits per heavy atom. The highest BCUT2D eigenvalue weighted by Crippen LogP contribution is 2.18. The zero-order valence-corrected chi connectivity index (χ0v) is 18.1. The number of piperazine rings is 1. The second kappa shape index (κ2) is 12.2. The fraction of sp³-hybridized carbons (Fsp3) is 0.364. The van der Waals surface area contributed by atoms with Crippen LogP contribution in [0.2, 0.25) is 0 Å². The lowest BCUT2D eigenvalue weighted by molar-refractivity contribution is -0.159. The van der Waals surface area contributed by atoms with Crippen molar-refractivity contribution in [2.24, 2.45) is 0 Å². The Balaban J connectivity index is 0.000000469. The van der Waals surface area contributed by atoms with Gasteiger partial charge in [0.2, 0.25) is 0 Å². The number of aliphatic carboxylic acids is 2.